The molecule has 2 aromatic heterocycles. The van der Waals surface area contributed by atoms with Gasteiger partial charge in [0.1, 0.15) is 0 Å². The minimum atomic E-state index is 0.503. The summed E-state index contributed by atoms with van der Waals surface area (Å²) >= 11 is 1.78. The fraction of sp³-hybridized carbons (Fsp3) is 0.263. The van der Waals surface area contributed by atoms with Gasteiger partial charge in [-0.25, -0.2) is 4.98 Å². The van der Waals surface area contributed by atoms with Crippen LogP contribution in [0.4, 0.5) is 0 Å². The summed E-state index contributed by atoms with van der Waals surface area (Å²) in [6.45, 7) is 1.41. The van der Waals surface area contributed by atoms with Crippen LogP contribution in [0.5, 0.6) is 0 Å². The number of hydrogen-bond donors (Lipinski definition) is 1. The number of nitrogens with one attached hydrogen (secondary N) is 1. The first kappa shape index (κ1) is 17.2. The lowest BCUT2D eigenvalue weighted by Gasteiger charge is -2.21. The molecule has 0 atom stereocenters. The number of hydrogen-bond acceptors (Lipinski definition) is 4. The molecule has 0 amide bonds. The van der Waals surface area contributed by atoms with Crippen LogP contribution in [-0.2, 0) is 13.0 Å². The molecule has 0 unspecified atom stereocenters. The molecular formula is C19H22N4OS. The third-order valence-corrected chi connectivity index (χ3v) is 4.79. The van der Waals surface area contributed by atoms with Gasteiger partial charge in [0.15, 0.2) is 11.7 Å². The standard InChI is InChI=1S/C19H22N4OS/c1-20-19(23(2)11-10-16-9-6-12-25-16)22-14-18-21-13-17(24-18)15-7-4-3-5-8-15/h3-9,12-13H,10-11,14H2,1-2H3,(H,20,22). The molecule has 0 aliphatic carbocycles. The summed E-state index contributed by atoms with van der Waals surface area (Å²) in [5.74, 6) is 2.25. The molecule has 6 heteroatoms. The van der Waals surface area contributed by atoms with Gasteiger partial charge >= 0.3 is 0 Å². The van der Waals surface area contributed by atoms with Crippen LogP contribution >= 0.6 is 11.3 Å². The van der Waals surface area contributed by atoms with Gasteiger partial charge in [-0.3, -0.25) is 4.99 Å². The summed E-state index contributed by atoms with van der Waals surface area (Å²) < 4.78 is 5.82. The summed E-state index contributed by atoms with van der Waals surface area (Å²) in [5, 5.41) is 5.41. The van der Waals surface area contributed by atoms with Crippen molar-refractivity contribution in [3.8, 4) is 11.3 Å². The molecule has 0 bridgehead atoms. The number of thiophene rings is 1. The van der Waals surface area contributed by atoms with Crippen LogP contribution in [0.2, 0.25) is 0 Å². The van der Waals surface area contributed by atoms with Gasteiger partial charge in [0.25, 0.3) is 0 Å². The molecule has 0 radical (unpaired) electrons. The van der Waals surface area contributed by atoms with Gasteiger partial charge < -0.3 is 14.6 Å². The highest BCUT2D eigenvalue weighted by Gasteiger charge is 2.09. The van der Waals surface area contributed by atoms with Gasteiger partial charge in [-0.05, 0) is 17.9 Å². The van der Waals surface area contributed by atoms with E-state index in [1.54, 1.807) is 24.6 Å². The molecule has 0 saturated heterocycles. The van der Waals surface area contributed by atoms with Gasteiger partial charge in [-0.1, -0.05) is 36.4 Å². The normalized spacial score (nSPS) is 11.5. The molecule has 0 aliphatic heterocycles. The molecule has 2 heterocycles. The topological polar surface area (TPSA) is 53.7 Å². The zero-order valence-corrected chi connectivity index (χ0v) is 15.3. The van der Waals surface area contributed by atoms with Gasteiger partial charge in [0, 0.05) is 31.1 Å². The van der Waals surface area contributed by atoms with E-state index in [4.69, 9.17) is 4.42 Å². The van der Waals surface area contributed by atoms with Crippen LogP contribution in [-0.4, -0.2) is 36.5 Å². The number of rotatable bonds is 6. The van der Waals surface area contributed by atoms with Crippen molar-refractivity contribution < 1.29 is 4.42 Å². The number of aliphatic imine (C=N–C) groups is 1. The van der Waals surface area contributed by atoms with Crippen molar-refractivity contribution in [2.24, 2.45) is 4.99 Å². The van der Waals surface area contributed by atoms with Gasteiger partial charge in [-0.2, -0.15) is 0 Å². The molecule has 3 aromatic rings. The van der Waals surface area contributed by atoms with Crippen LogP contribution in [0.25, 0.3) is 11.3 Å². The number of guanidine groups is 1. The van der Waals surface area contributed by atoms with E-state index >= 15 is 0 Å². The highest BCUT2D eigenvalue weighted by molar-refractivity contribution is 7.09. The van der Waals surface area contributed by atoms with E-state index in [9.17, 15) is 0 Å². The Morgan fingerprint density at radius 3 is 2.80 bits per heavy atom. The number of aromatic nitrogens is 1. The van der Waals surface area contributed by atoms with E-state index in [1.165, 1.54) is 4.88 Å². The monoisotopic (exact) mass is 354 g/mol. The molecule has 5 nitrogen and oxygen atoms in total. The Morgan fingerprint density at radius 1 is 1.24 bits per heavy atom. The Bertz CT molecular complexity index is 796. The Kier molecular flexibility index (Phi) is 5.85. The summed E-state index contributed by atoms with van der Waals surface area (Å²) in [4.78, 5) is 12.2. The molecule has 25 heavy (non-hydrogen) atoms. The summed E-state index contributed by atoms with van der Waals surface area (Å²) in [5.41, 5.74) is 1.03. The van der Waals surface area contributed by atoms with Crippen LogP contribution in [0.1, 0.15) is 10.8 Å². The zero-order valence-electron chi connectivity index (χ0n) is 14.5. The van der Waals surface area contributed by atoms with E-state index < -0.39 is 0 Å². The molecule has 0 saturated carbocycles. The second-order valence-electron chi connectivity index (χ2n) is 5.64. The first-order valence-corrected chi connectivity index (χ1v) is 9.08. The van der Waals surface area contributed by atoms with Crippen LogP contribution in [0.15, 0.2) is 63.5 Å². The third kappa shape index (κ3) is 4.70. The van der Waals surface area contributed by atoms with E-state index in [1.807, 2.05) is 37.4 Å². The van der Waals surface area contributed by atoms with E-state index in [0.717, 1.165) is 30.2 Å². The Hall–Kier alpha value is -2.60. The van der Waals surface area contributed by atoms with E-state index in [-0.39, 0.29) is 0 Å². The fourth-order valence-corrected chi connectivity index (χ4v) is 3.20. The fourth-order valence-electron chi connectivity index (χ4n) is 2.51. The van der Waals surface area contributed by atoms with Crippen molar-refractivity contribution in [1.82, 2.24) is 15.2 Å². The zero-order chi connectivity index (χ0) is 17.5. The van der Waals surface area contributed by atoms with Crippen molar-refractivity contribution in [3.63, 3.8) is 0 Å². The van der Waals surface area contributed by atoms with E-state index in [0.29, 0.717) is 12.4 Å². The largest absolute Gasteiger partial charge is 0.439 e. The predicted octanol–water partition coefficient (Wildman–Crippen LogP) is 3.65. The molecule has 0 spiro atoms. The first-order valence-electron chi connectivity index (χ1n) is 8.20. The lowest BCUT2D eigenvalue weighted by atomic mass is 10.2. The first-order chi connectivity index (χ1) is 12.3. The third-order valence-electron chi connectivity index (χ3n) is 3.86. The highest BCUT2D eigenvalue weighted by atomic mass is 32.1. The van der Waals surface area contributed by atoms with Gasteiger partial charge in [0.05, 0.1) is 12.7 Å². The van der Waals surface area contributed by atoms with Gasteiger partial charge in [-0.15, -0.1) is 11.3 Å². The van der Waals surface area contributed by atoms with Crippen LogP contribution in [0.3, 0.4) is 0 Å². The Balaban J connectivity index is 1.53. The molecule has 1 N–H and O–H groups in total. The minimum absolute atomic E-state index is 0.503. The Morgan fingerprint density at radius 2 is 2.08 bits per heavy atom. The summed E-state index contributed by atoms with van der Waals surface area (Å²) in [6, 6.07) is 14.2. The molecule has 3 rings (SSSR count). The van der Waals surface area contributed by atoms with Crippen LogP contribution in [0, 0.1) is 0 Å². The predicted molar refractivity (Wildman–Crippen MR) is 103 cm³/mol. The summed E-state index contributed by atoms with van der Waals surface area (Å²) in [7, 11) is 3.82. The maximum Gasteiger partial charge on any atom is 0.214 e. The van der Waals surface area contributed by atoms with Crippen molar-refractivity contribution in [3.05, 3.63) is 64.8 Å². The molecule has 1 aromatic carbocycles. The van der Waals surface area contributed by atoms with Crippen LogP contribution < -0.4 is 5.32 Å². The van der Waals surface area contributed by atoms with Gasteiger partial charge in [0.2, 0.25) is 5.89 Å². The molecule has 130 valence electrons. The smallest absolute Gasteiger partial charge is 0.214 e. The van der Waals surface area contributed by atoms with Crippen molar-refractivity contribution >= 4 is 17.3 Å². The average molecular weight is 354 g/mol. The molecular weight excluding hydrogens is 332 g/mol. The summed E-state index contributed by atoms with van der Waals surface area (Å²) in [6.07, 6.45) is 2.77. The number of oxazole rings is 1. The highest BCUT2D eigenvalue weighted by Crippen LogP contribution is 2.19. The quantitative estimate of drug-likeness (QED) is 0.542. The second kappa shape index (κ2) is 8.48. The maximum atomic E-state index is 5.82. The minimum Gasteiger partial charge on any atom is -0.439 e. The van der Waals surface area contributed by atoms with Crippen molar-refractivity contribution in [1.29, 1.82) is 0 Å². The molecule has 0 fully saturated rings. The van der Waals surface area contributed by atoms with Crippen molar-refractivity contribution in [2.45, 2.75) is 13.0 Å². The van der Waals surface area contributed by atoms with Crippen molar-refractivity contribution in [2.75, 3.05) is 20.6 Å². The number of benzene rings is 1. The second-order valence-corrected chi connectivity index (χ2v) is 6.67. The van der Waals surface area contributed by atoms with E-state index in [2.05, 4.69) is 37.7 Å². The maximum absolute atomic E-state index is 5.82. The molecule has 0 aliphatic rings. The SMILES string of the molecule is CN=C(NCc1ncc(-c2ccccc2)o1)N(C)CCc1cccs1. The lowest BCUT2D eigenvalue weighted by molar-refractivity contribution is 0.463. The number of nitrogens with zero attached hydrogens (tertiary/aromatic N) is 3. The average Bonchev–Trinajstić information content (AvgIpc) is 3.33. The Labute approximate surface area is 152 Å². The number of likely N-dealkylation sites (N-methyl/N-ethyl adjacent to an activating group) is 1. The lowest BCUT2D eigenvalue weighted by Crippen LogP contribution is -2.39.